The maximum Gasteiger partial charge on any atom is 0.277 e. The van der Waals surface area contributed by atoms with Crippen molar-refractivity contribution in [3.05, 3.63) is 76.8 Å². The first kappa shape index (κ1) is 16.4. The number of carbonyl (C=O) groups excluding carboxylic acids is 1. The third-order valence-electron chi connectivity index (χ3n) is 3.93. The van der Waals surface area contributed by atoms with Crippen molar-refractivity contribution in [3.63, 3.8) is 0 Å². The molecule has 128 valence electrons. The highest BCUT2D eigenvalue weighted by Gasteiger charge is 2.20. The van der Waals surface area contributed by atoms with Crippen molar-refractivity contribution in [3.8, 4) is 11.3 Å². The van der Waals surface area contributed by atoms with E-state index in [0.29, 0.717) is 15.8 Å². The zero-order valence-electron chi connectivity index (χ0n) is 13.8. The van der Waals surface area contributed by atoms with Crippen LogP contribution in [0, 0.1) is 6.92 Å². The van der Waals surface area contributed by atoms with Crippen LogP contribution >= 0.6 is 15.9 Å². The molecule has 6 nitrogen and oxygen atoms in total. The molecule has 0 aliphatic heterocycles. The Kier molecular flexibility index (Phi) is 4.22. The van der Waals surface area contributed by atoms with Crippen LogP contribution in [0.4, 0.5) is 5.69 Å². The highest BCUT2D eigenvalue weighted by atomic mass is 79.9. The summed E-state index contributed by atoms with van der Waals surface area (Å²) in [7, 11) is 0. The van der Waals surface area contributed by atoms with E-state index in [4.69, 9.17) is 0 Å². The molecule has 4 rings (SSSR count). The van der Waals surface area contributed by atoms with Gasteiger partial charge in [-0.3, -0.25) is 9.78 Å². The largest absolute Gasteiger partial charge is 0.320 e. The average molecular weight is 408 g/mol. The second kappa shape index (κ2) is 6.68. The van der Waals surface area contributed by atoms with Gasteiger partial charge in [0.2, 0.25) is 0 Å². The molecule has 3 heterocycles. The number of pyridine rings is 1. The Labute approximate surface area is 158 Å². The second-order valence-electron chi connectivity index (χ2n) is 5.74. The first-order valence-corrected chi connectivity index (χ1v) is 8.75. The van der Waals surface area contributed by atoms with Crippen LogP contribution in [0.3, 0.4) is 0 Å². The number of hydrogen-bond acceptors (Lipinski definition) is 4. The molecule has 1 amide bonds. The van der Waals surface area contributed by atoms with Crippen molar-refractivity contribution in [1.82, 2.24) is 19.6 Å². The Morgan fingerprint density at radius 1 is 1.12 bits per heavy atom. The van der Waals surface area contributed by atoms with Gasteiger partial charge in [-0.2, -0.15) is 5.10 Å². The van der Waals surface area contributed by atoms with Gasteiger partial charge >= 0.3 is 0 Å². The van der Waals surface area contributed by atoms with E-state index in [9.17, 15) is 4.79 Å². The van der Waals surface area contributed by atoms with Gasteiger partial charge in [0.15, 0.2) is 11.3 Å². The molecule has 0 bridgehead atoms. The maximum atomic E-state index is 12.6. The topological polar surface area (TPSA) is 72.2 Å². The Hall–Kier alpha value is -3.06. The lowest BCUT2D eigenvalue weighted by atomic mass is 10.1. The molecule has 26 heavy (non-hydrogen) atoms. The lowest BCUT2D eigenvalue weighted by Crippen LogP contribution is -2.13. The maximum absolute atomic E-state index is 12.6. The number of aryl methyl sites for hydroxylation is 1. The number of nitrogens with zero attached hydrogens (tertiary/aromatic N) is 4. The van der Waals surface area contributed by atoms with Crippen LogP contribution in [-0.4, -0.2) is 25.5 Å². The van der Waals surface area contributed by atoms with Gasteiger partial charge in [0.25, 0.3) is 5.91 Å². The fraction of sp³-hybridized carbons (Fsp3) is 0.0526. The summed E-state index contributed by atoms with van der Waals surface area (Å²) in [6, 6.07) is 15.3. The number of nitrogens with one attached hydrogen (secondary N) is 1. The summed E-state index contributed by atoms with van der Waals surface area (Å²) in [4.78, 5) is 21.2. The van der Waals surface area contributed by atoms with E-state index in [-0.39, 0.29) is 11.6 Å². The van der Waals surface area contributed by atoms with Gasteiger partial charge in [0.05, 0.1) is 10.2 Å². The van der Waals surface area contributed by atoms with Gasteiger partial charge in [0, 0.05) is 29.3 Å². The number of benzene rings is 1. The minimum Gasteiger partial charge on any atom is -0.320 e. The van der Waals surface area contributed by atoms with Gasteiger partial charge in [-0.25, -0.2) is 9.50 Å². The van der Waals surface area contributed by atoms with Gasteiger partial charge in [-0.1, -0.05) is 30.3 Å². The summed E-state index contributed by atoms with van der Waals surface area (Å²) < 4.78 is 2.22. The van der Waals surface area contributed by atoms with E-state index in [1.807, 2.05) is 43.3 Å². The van der Waals surface area contributed by atoms with Crippen LogP contribution in [0.2, 0.25) is 0 Å². The third kappa shape index (κ3) is 2.97. The van der Waals surface area contributed by atoms with E-state index in [2.05, 4.69) is 36.3 Å². The van der Waals surface area contributed by atoms with Crippen molar-refractivity contribution in [2.75, 3.05) is 5.32 Å². The predicted octanol–water partition coefficient (Wildman–Crippen LogP) is 4.11. The number of fused-ring (bicyclic) bond motifs is 1. The van der Waals surface area contributed by atoms with E-state index in [1.54, 1.807) is 29.0 Å². The third-order valence-corrected chi connectivity index (χ3v) is 4.66. The SMILES string of the molecule is Cc1cc(-c2ccccc2)nc2c(Br)c(C(=O)Nc3ccncc3)nn12. The average Bonchev–Trinajstić information content (AvgIpc) is 3.01. The summed E-state index contributed by atoms with van der Waals surface area (Å²) in [6.45, 7) is 1.94. The van der Waals surface area contributed by atoms with Crippen LogP contribution < -0.4 is 5.32 Å². The zero-order chi connectivity index (χ0) is 18.1. The number of rotatable bonds is 3. The first-order valence-electron chi connectivity index (χ1n) is 7.96. The molecule has 0 saturated heterocycles. The summed E-state index contributed by atoms with van der Waals surface area (Å²) in [5, 5.41) is 7.24. The Morgan fingerprint density at radius 3 is 2.58 bits per heavy atom. The first-order chi connectivity index (χ1) is 12.6. The molecule has 0 aliphatic carbocycles. The fourth-order valence-electron chi connectivity index (χ4n) is 2.67. The zero-order valence-corrected chi connectivity index (χ0v) is 15.4. The van der Waals surface area contributed by atoms with Crippen molar-refractivity contribution < 1.29 is 4.79 Å². The van der Waals surface area contributed by atoms with E-state index < -0.39 is 0 Å². The Morgan fingerprint density at radius 2 is 1.85 bits per heavy atom. The van der Waals surface area contributed by atoms with Crippen LogP contribution in [0.25, 0.3) is 16.9 Å². The summed E-state index contributed by atoms with van der Waals surface area (Å²) in [5.41, 5.74) is 4.26. The molecule has 0 fully saturated rings. The highest BCUT2D eigenvalue weighted by Crippen LogP contribution is 2.26. The van der Waals surface area contributed by atoms with Crippen LogP contribution in [-0.2, 0) is 0 Å². The lowest BCUT2D eigenvalue weighted by molar-refractivity contribution is 0.102. The van der Waals surface area contributed by atoms with Gasteiger partial charge < -0.3 is 5.32 Å². The van der Waals surface area contributed by atoms with Crippen LogP contribution in [0.5, 0.6) is 0 Å². The monoisotopic (exact) mass is 407 g/mol. The minimum atomic E-state index is -0.311. The van der Waals surface area contributed by atoms with Crippen molar-refractivity contribution in [1.29, 1.82) is 0 Å². The Bertz CT molecular complexity index is 1090. The Balaban J connectivity index is 1.77. The molecule has 0 saturated carbocycles. The summed E-state index contributed by atoms with van der Waals surface area (Å²) in [6.07, 6.45) is 3.23. The molecule has 7 heteroatoms. The van der Waals surface area contributed by atoms with Crippen LogP contribution in [0.15, 0.2) is 65.4 Å². The quantitative estimate of drug-likeness (QED) is 0.554. The van der Waals surface area contributed by atoms with Crippen LogP contribution in [0.1, 0.15) is 16.2 Å². The smallest absolute Gasteiger partial charge is 0.277 e. The molecule has 0 atom stereocenters. The lowest BCUT2D eigenvalue weighted by Gasteiger charge is -2.04. The summed E-state index contributed by atoms with van der Waals surface area (Å²) in [5.74, 6) is -0.311. The highest BCUT2D eigenvalue weighted by molar-refractivity contribution is 9.10. The standard InChI is InChI=1S/C19H14BrN5O/c1-12-11-15(13-5-3-2-4-6-13)23-18-16(20)17(24-25(12)18)19(26)22-14-7-9-21-10-8-14/h2-11H,1H3,(H,21,22,26). The van der Waals surface area contributed by atoms with E-state index in [1.165, 1.54) is 0 Å². The van der Waals surface area contributed by atoms with Crippen molar-refractivity contribution >= 4 is 33.2 Å². The van der Waals surface area contributed by atoms with Gasteiger partial charge in [0.1, 0.15) is 0 Å². The second-order valence-corrected chi connectivity index (χ2v) is 6.53. The van der Waals surface area contributed by atoms with Gasteiger partial charge in [-0.05, 0) is 41.1 Å². The molecule has 1 aromatic carbocycles. The number of aromatic nitrogens is 4. The number of halogens is 1. The minimum absolute atomic E-state index is 0.280. The van der Waals surface area contributed by atoms with Gasteiger partial charge in [-0.15, -0.1) is 0 Å². The number of hydrogen-bond donors (Lipinski definition) is 1. The molecule has 0 spiro atoms. The van der Waals surface area contributed by atoms with E-state index >= 15 is 0 Å². The fourth-order valence-corrected chi connectivity index (χ4v) is 3.18. The molecular weight excluding hydrogens is 394 g/mol. The molecule has 0 aliphatic rings. The number of amides is 1. The summed E-state index contributed by atoms with van der Waals surface area (Å²) >= 11 is 3.49. The predicted molar refractivity (Wildman–Crippen MR) is 103 cm³/mol. The van der Waals surface area contributed by atoms with Crippen molar-refractivity contribution in [2.24, 2.45) is 0 Å². The van der Waals surface area contributed by atoms with Crippen molar-refractivity contribution in [2.45, 2.75) is 6.92 Å². The molecule has 1 N–H and O–H groups in total. The van der Waals surface area contributed by atoms with E-state index in [0.717, 1.165) is 17.0 Å². The molecule has 0 unspecified atom stereocenters. The normalized spacial score (nSPS) is 10.8. The molecule has 0 radical (unpaired) electrons. The number of anilines is 1. The molecule has 3 aromatic heterocycles. The molecular formula is C19H14BrN5O. The number of carbonyl (C=O) groups is 1. The molecule has 4 aromatic rings.